The van der Waals surface area contributed by atoms with Crippen molar-refractivity contribution in [1.29, 1.82) is 0 Å². The lowest BCUT2D eigenvalue weighted by Gasteiger charge is -2.28. The van der Waals surface area contributed by atoms with Crippen molar-refractivity contribution in [2.24, 2.45) is 0 Å². The van der Waals surface area contributed by atoms with Crippen LogP contribution in [0, 0.1) is 0 Å². The highest BCUT2D eigenvalue weighted by atomic mass is 35.5. The van der Waals surface area contributed by atoms with Gasteiger partial charge in [0, 0.05) is 35.4 Å². The fraction of sp³-hybridized carbons (Fsp3) is 0.400. The fourth-order valence-electron chi connectivity index (χ4n) is 1.87. The highest BCUT2D eigenvalue weighted by Gasteiger charge is 2.14. The van der Waals surface area contributed by atoms with E-state index in [1.54, 1.807) is 12.1 Å². The van der Waals surface area contributed by atoms with Gasteiger partial charge >= 0.3 is 5.97 Å². The number of hydrogen-bond acceptors (Lipinski definition) is 3. The molecule has 20 heavy (non-hydrogen) atoms. The van der Waals surface area contributed by atoms with E-state index in [1.807, 2.05) is 30.9 Å². The first-order chi connectivity index (χ1) is 9.47. The summed E-state index contributed by atoms with van der Waals surface area (Å²) in [6.07, 6.45) is 5.82. The van der Waals surface area contributed by atoms with E-state index in [1.165, 1.54) is 0 Å². The molecule has 1 aromatic rings. The Bertz CT molecular complexity index is 491. The number of carboxylic acids is 1. The summed E-state index contributed by atoms with van der Waals surface area (Å²) in [5, 5.41) is 9.33. The zero-order chi connectivity index (χ0) is 15.1. The van der Waals surface area contributed by atoms with Gasteiger partial charge in [0.1, 0.15) is 0 Å². The largest absolute Gasteiger partial charge is 0.478 e. The van der Waals surface area contributed by atoms with Crippen LogP contribution in [-0.4, -0.2) is 36.2 Å². The average Bonchev–Trinajstić information content (AvgIpc) is 2.42. The number of thioether (sulfide) groups is 1. The Kier molecular flexibility index (Phi) is 6.96. The third kappa shape index (κ3) is 4.76. The minimum absolute atomic E-state index is 0.359. The summed E-state index contributed by atoms with van der Waals surface area (Å²) in [5.74, 6) is 0.112. The molecule has 0 aliphatic heterocycles. The minimum Gasteiger partial charge on any atom is -0.478 e. The number of hydrogen-bond donors (Lipinski definition) is 1. The second kappa shape index (κ2) is 8.22. The molecule has 0 saturated carbocycles. The summed E-state index contributed by atoms with van der Waals surface area (Å²) in [4.78, 5) is 12.8. The Morgan fingerprint density at radius 1 is 1.55 bits per heavy atom. The second-order valence-electron chi connectivity index (χ2n) is 4.59. The molecule has 1 N–H and O–H groups in total. The number of anilines is 1. The lowest BCUT2D eigenvalue weighted by atomic mass is 10.1. The third-order valence-electron chi connectivity index (χ3n) is 3.20. The predicted octanol–water partition coefficient (Wildman–Crippen LogP) is 4.02. The zero-order valence-electron chi connectivity index (χ0n) is 12.0. The number of halogens is 1. The van der Waals surface area contributed by atoms with E-state index >= 15 is 0 Å². The van der Waals surface area contributed by atoms with Gasteiger partial charge in [0.25, 0.3) is 0 Å². The maximum atomic E-state index is 10.7. The normalized spacial score (nSPS) is 12.6. The quantitative estimate of drug-likeness (QED) is 0.772. The number of aliphatic carboxylic acids is 1. The van der Waals surface area contributed by atoms with Gasteiger partial charge in [-0.25, -0.2) is 4.79 Å². The first-order valence-electron chi connectivity index (χ1n) is 6.38. The molecular weight excluding hydrogens is 294 g/mol. The van der Waals surface area contributed by atoms with E-state index < -0.39 is 5.97 Å². The number of carbonyl (C=O) groups is 1. The van der Waals surface area contributed by atoms with Crippen LogP contribution in [0.4, 0.5) is 5.69 Å². The molecule has 3 nitrogen and oxygen atoms in total. The van der Waals surface area contributed by atoms with E-state index in [9.17, 15) is 4.79 Å². The molecule has 0 amide bonds. The van der Waals surface area contributed by atoms with Crippen LogP contribution in [-0.2, 0) is 4.79 Å². The number of nitrogens with zero attached hydrogens (tertiary/aromatic N) is 1. The molecule has 1 aromatic carbocycles. The molecule has 0 aliphatic carbocycles. The van der Waals surface area contributed by atoms with Crippen molar-refractivity contribution in [3.8, 4) is 0 Å². The summed E-state index contributed by atoms with van der Waals surface area (Å²) in [5.41, 5.74) is 1.69. The summed E-state index contributed by atoms with van der Waals surface area (Å²) in [6.45, 7) is 2.15. The molecule has 1 unspecified atom stereocenters. The van der Waals surface area contributed by atoms with Crippen molar-refractivity contribution >= 4 is 41.1 Å². The summed E-state index contributed by atoms with van der Waals surface area (Å²) >= 11 is 8.01. The molecule has 1 atom stereocenters. The summed E-state index contributed by atoms with van der Waals surface area (Å²) in [7, 11) is 2.01. The molecule has 0 heterocycles. The molecular formula is C15H20ClNO2S. The van der Waals surface area contributed by atoms with Crippen molar-refractivity contribution in [3.63, 3.8) is 0 Å². The third-order valence-corrected chi connectivity index (χ3v) is 4.18. The van der Waals surface area contributed by atoms with Gasteiger partial charge in [-0.3, -0.25) is 0 Å². The second-order valence-corrected chi connectivity index (χ2v) is 5.98. The van der Waals surface area contributed by atoms with Crippen LogP contribution < -0.4 is 4.90 Å². The van der Waals surface area contributed by atoms with Crippen molar-refractivity contribution in [3.05, 3.63) is 34.9 Å². The SMILES string of the molecule is CSCCC(C)N(C)c1cccc(Cl)c1/C=C/C(=O)O. The van der Waals surface area contributed by atoms with Gasteiger partial charge in [-0.15, -0.1) is 0 Å². The van der Waals surface area contributed by atoms with Crippen molar-refractivity contribution in [2.75, 3.05) is 24.0 Å². The van der Waals surface area contributed by atoms with Gasteiger partial charge in [-0.1, -0.05) is 17.7 Å². The molecule has 5 heteroatoms. The fourth-order valence-corrected chi connectivity index (χ4v) is 2.68. The Morgan fingerprint density at radius 3 is 2.85 bits per heavy atom. The first kappa shape index (κ1) is 16.9. The van der Waals surface area contributed by atoms with E-state index in [2.05, 4.69) is 18.1 Å². The smallest absolute Gasteiger partial charge is 0.328 e. The van der Waals surface area contributed by atoms with Crippen LogP contribution in [0.15, 0.2) is 24.3 Å². The Balaban J connectivity index is 3.04. The molecule has 0 aromatic heterocycles. The van der Waals surface area contributed by atoms with Gasteiger partial charge in [-0.2, -0.15) is 11.8 Å². The van der Waals surface area contributed by atoms with E-state index in [0.717, 1.165) is 29.5 Å². The minimum atomic E-state index is -0.978. The average molecular weight is 314 g/mol. The molecule has 1 rings (SSSR count). The van der Waals surface area contributed by atoms with Crippen LogP contribution in [0.25, 0.3) is 6.08 Å². The molecule has 110 valence electrons. The highest BCUT2D eigenvalue weighted by Crippen LogP contribution is 2.30. The maximum absolute atomic E-state index is 10.7. The van der Waals surface area contributed by atoms with Gasteiger partial charge in [0.15, 0.2) is 0 Å². The number of rotatable bonds is 7. The monoisotopic (exact) mass is 313 g/mol. The van der Waals surface area contributed by atoms with Crippen LogP contribution in [0.2, 0.25) is 5.02 Å². The van der Waals surface area contributed by atoms with Crippen molar-refractivity contribution in [1.82, 2.24) is 0 Å². The first-order valence-corrected chi connectivity index (χ1v) is 8.15. The van der Waals surface area contributed by atoms with Crippen LogP contribution in [0.5, 0.6) is 0 Å². The molecule has 0 spiro atoms. The van der Waals surface area contributed by atoms with Crippen molar-refractivity contribution in [2.45, 2.75) is 19.4 Å². The van der Waals surface area contributed by atoms with Crippen LogP contribution in [0.3, 0.4) is 0 Å². The van der Waals surface area contributed by atoms with Gasteiger partial charge < -0.3 is 10.0 Å². The molecule has 0 bridgehead atoms. The Morgan fingerprint density at radius 2 is 2.25 bits per heavy atom. The van der Waals surface area contributed by atoms with Gasteiger partial charge in [0.2, 0.25) is 0 Å². The number of carboxylic acid groups (broad SMARTS) is 1. The van der Waals surface area contributed by atoms with Gasteiger partial charge in [0.05, 0.1) is 0 Å². The maximum Gasteiger partial charge on any atom is 0.328 e. The lowest BCUT2D eigenvalue weighted by Crippen LogP contribution is -2.29. The van der Waals surface area contributed by atoms with Crippen LogP contribution in [0.1, 0.15) is 18.9 Å². The van der Waals surface area contributed by atoms with Crippen molar-refractivity contribution < 1.29 is 9.90 Å². The molecule has 0 aliphatic rings. The van der Waals surface area contributed by atoms with Gasteiger partial charge in [-0.05, 0) is 43.6 Å². The van der Waals surface area contributed by atoms with E-state index in [-0.39, 0.29) is 0 Å². The van der Waals surface area contributed by atoms with Crippen LogP contribution >= 0.6 is 23.4 Å². The Labute approximate surface area is 129 Å². The molecule has 0 saturated heterocycles. The highest BCUT2D eigenvalue weighted by molar-refractivity contribution is 7.98. The lowest BCUT2D eigenvalue weighted by molar-refractivity contribution is -0.131. The summed E-state index contributed by atoms with van der Waals surface area (Å²) in [6, 6.07) is 5.97. The molecule has 0 radical (unpaired) electrons. The molecule has 0 fully saturated rings. The topological polar surface area (TPSA) is 40.5 Å². The predicted molar refractivity (Wildman–Crippen MR) is 89.0 cm³/mol. The Hall–Kier alpha value is -1.13. The standard InChI is InChI=1S/C15H20ClNO2S/c1-11(9-10-20-3)17(2)14-6-4-5-13(16)12(14)7-8-15(18)19/h4-8,11H,9-10H2,1-3H3,(H,18,19)/b8-7+. The zero-order valence-corrected chi connectivity index (χ0v) is 13.5. The van der Waals surface area contributed by atoms with E-state index in [0.29, 0.717) is 11.1 Å². The van der Waals surface area contributed by atoms with E-state index in [4.69, 9.17) is 16.7 Å². The number of benzene rings is 1. The summed E-state index contributed by atoms with van der Waals surface area (Å²) < 4.78 is 0.